The van der Waals surface area contributed by atoms with Crippen molar-refractivity contribution in [1.29, 1.82) is 0 Å². The molecule has 0 aliphatic carbocycles. The molecule has 0 saturated carbocycles. The average molecular weight is 425 g/mol. The second-order valence-corrected chi connectivity index (χ2v) is 8.60. The number of carbonyl (C=O) groups is 2. The molecule has 29 heavy (non-hydrogen) atoms. The number of anilines is 1. The Morgan fingerprint density at radius 2 is 1.72 bits per heavy atom. The lowest BCUT2D eigenvalue weighted by Gasteiger charge is -2.15. The van der Waals surface area contributed by atoms with Gasteiger partial charge in [0.25, 0.3) is 5.91 Å². The fourth-order valence-electron chi connectivity index (χ4n) is 3.11. The molecule has 0 bridgehead atoms. The van der Waals surface area contributed by atoms with Crippen molar-refractivity contribution in [3.05, 3.63) is 60.2 Å². The Kier molecular flexibility index (Phi) is 6.21. The highest BCUT2D eigenvalue weighted by molar-refractivity contribution is 8.00. The zero-order chi connectivity index (χ0) is 20.1. The minimum atomic E-state index is -0.252. The van der Waals surface area contributed by atoms with Gasteiger partial charge in [0.05, 0.1) is 11.3 Å². The van der Waals surface area contributed by atoms with Crippen LogP contribution < -0.4 is 5.32 Å². The van der Waals surface area contributed by atoms with E-state index < -0.39 is 0 Å². The predicted octanol–water partition coefficient (Wildman–Crippen LogP) is 4.17. The van der Waals surface area contributed by atoms with Crippen LogP contribution in [-0.2, 0) is 4.79 Å². The van der Waals surface area contributed by atoms with Gasteiger partial charge in [-0.05, 0) is 25.0 Å². The molecule has 2 heterocycles. The molecule has 148 valence electrons. The number of likely N-dealkylation sites (tertiary alicyclic amines) is 1. The minimum Gasteiger partial charge on any atom is -0.342 e. The highest BCUT2D eigenvalue weighted by atomic mass is 32.2. The first-order chi connectivity index (χ1) is 14.2. The Morgan fingerprint density at radius 3 is 2.52 bits per heavy atom. The van der Waals surface area contributed by atoms with Gasteiger partial charge in [-0.2, -0.15) is 0 Å². The summed E-state index contributed by atoms with van der Waals surface area (Å²) >= 11 is 2.73. The molecular weight excluding hydrogens is 404 g/mol. The van der Waals surface area contributed by atoms with E-state index in [0.717, 1.165) is 41.4 Å². The first-order valence-electron chi connectivity index (χ1n) is 9.40. The Labute approximate surface area is 177 Å². The van der Waals surface area contributed by atoms with Gasteiger partial charge in [0.15, 0.2) is 0 Å². The van der Waals surface area contributed by atoms with Crippen molar-refractivity contribution in [2.75, 3.05) is 24.2 Å². The lowest BCUT2D eigenvalue weighted by atomic mass is 10.2. The van der Waals surface area contributed by atoms with Gasteiger partial charge in [-0.3, -0.25) is 14.9 Å². The number of benzene rings is 2. The third kappa shape index (κ3) is 4.83. The third-order valence-corrected chi connectivity index (χ3v) is 6.55. The standard InChI is InChI=1S/C21H20N4O2S2/c26-18(25-12-6-7-13-25)14-28-17-11-5-4-10-16(17)19(27)22-21-24-23-20(29-21)15-8-2-1-3-9-15/h1-5,8-11H,6-7,12-14H2,(H,22,24,27). The average Bonchev–Trinajstić information content (AvgIpc) is 3.45. The van der Waals surface area contributed by atoms with E-state index in [-0.39, 0.29) is 11.8 Å². The quantitative estimate of drug-likeness (QED) is 0.601. The molecule has 0 atom stereocenters. The molecule has 1 N–H and O–H groups in total. The molecule has 4 rings (SSSR count). The van der Waals surface area contributed by atoms with Gasteiger partial charge in [0.1, 0.15) is 5.01 Å². The second-order valence-electron chi connectivity index (χ2n) is 6.61. The number of hydrogen-bond acceptors (Lipinski definition) is 6. The summed E-state index contributed by atoms with van der Waals surface area (Å²) in [5.74, 6) is 0.207. The second kappa shape index (κ2) is 9.19. The molecule has 0 unspecified atom stereocenters. The Morgan fingerprint density at radius 1 is 1.00 bits per heavy atom. The van der Waals surface area contributed by atoms with Gasteiger partial charge in [-0.15, -0.1) is 22.0 Å². The maximum Gasteiger partial charge on any atom is 0.258 e. The van der Waals surface area contributed by atoms with Crippen molar-refractivity contribution in [2.24, 2.45) is 0 Å². The first kappa shape index (κ1) is 19.6. The van der Waals surface area contributed by atoms with Gasteiger partial charge in [-0.1, -0.05) is 53.8 Å². The lowest BCUT2D eigenvalue weighted by Crippen LogP contribution is -2.29. The molecule has 2 amide bonds. The molecule has 2 aromatic carbocycles. The smallest absolute Gasteiger partial charge is 0.258 e. The summed E-state index contributed by atoms with van der Waals surface area (Å²) in [6.07, 6.45) is 2.14. The van der Waals surface area contributed by atoms with Crippen molar-refractivity contribution in [1.82, 2.24) is 15.1 Å². The van der Waals surface area contributed by atoms with E-state index >= 15 is 0 Å². The van der Waals surface area contributed by atoms with Crippen LogP contribution in [0.2, 0.25) is 0 Å². The van der Waals surface area contributed by atoms with Crippen molar-refractivity contribution in [3.63, 3.8) is 0 Å². The number of carbonyl (C=O) groups excluding carboxylic acids is 2. The van der Waals surface area contributed by atoms with Crippen molar-refractivity contribution in [3.8, 4) is 10.6 Å². The maximum atomic E-state index is 12.8. The summed E-state index contributed by atoms with van der Waals surface area (Å²) in [6, 6.07) is 17.0. The summed E-state index contributed by atoms with van der Waals surface area (Å²) < 4.78 is 0. The fourth-order valence-corrected chi connectivity index (χ4v) is 4.81. The van der Waals surface area contributed by atoms with E-state index in [4.69, 9.17) is 0 Å². The van der Waals surface area contributed by atoms with Crippen LogP contribution in [0.3, 0.4) is 0 Å². The third-order valence-electron chi connectivity index (χ3n) is 4.61. The Bertz CT molecular complexity index is 1000. The number of amides is 2. The SMILES string of the molecule is O=C(Nc1nnc(-c2ccccc2)s1)c1ccccc1SCC(=O)N1CCCC1. The summed E-state index contributed by atoms with van der Waals surface area (Å²) in [6.45, 7) is 1.67. The van der Waals surface area contributed by atoms with Crippen LogP contribution in [0.1, 0.15) is 23.2 Å². The topological polar surface area (TPSA) is 75.2 Å². The molecule has 0 spiro atoms. The van der Waals surface area contributed by atoms with Crippen molar-refractivity contribution < 1.29 is 9.59 Å². The highest BCUT2D eigenvalue weighted by Gasteiger charge is 2.20. The molecule has 0 radical (unpaired) electrons. The lowest BCUT2D eigenvalue weighted by molar-refractivity contribution is -0.127. The van der Waals surface area contributed by atoms with E-state index in [1.54, 1.807) is 6.07 Å². The largest absolute Gasteiger partial charge is 0.342 e. The van der Waals surface area contributed by atoms with Gasteiger partial charge >= 0.3 is 0 Å². The van der Waals surface area contributed by atoms with Crippen LogP contribution in [0.5, 0.6) is 0 Å². The van der Waals surface area contributed by atoms with Crippen LogP contribution in [0.4, 0.5) is 5.13 Å². The van der Waals surface area contributed by atoms with Crippen LogP contribution in [0.25, 0.3) is 10.6 Å². The van der Waals surface area contributed by atoms with Crippen LogP contribution in [0.15, 0.2) is 59.5 Å². The summed E-state index contributed by atoms with van der Waals surface area (Å²) in [5.41, 5.74) is 1.49. The van der Waals surface area contributed by atoms with Crippen molar-refractivity contribution in [2.45, 2.75) is 17.7 Å². The van der Waals surface area contributed by atoms with Crippen molar-refractivity contribution >= 4 is 40.0 Å². The van der Waals surface area contributed by atoms with Gasteiger partial charge in [0, 0.05) is 23.5 Å². The predicted molar refractivity (Wildman–Crippen MR) is 116 cm³/mol. The van der Waals surface area contributed by atoms with E-state index in [0.29, 0.717) is 16.4 Å². The fraction of sp³-hybridized carbons (Fsp3) is 0.238. The van der Waals surface area contributed by atoms with Gasteiger partial charge in [0.2, 0.25) is 11.0 Å². The molecule has 1 aliphatic rings. The van der Waals surface area contributed by atoms with E-state index in [1.165, 1.54) is 23.1 Å². The molecule has 1 aliphatic heterocycles. The molecule has 1 saturated heterocycles. The molecule has 8 heteroatoms. The minimum absolute atomic E-state index is 0.124. The number of hydrogen-bond donors (Lipinski definition) is 1. The number of nitrogens with zero attached hydrogens (tertiary/aromatic N) is 3. The Balaban J connectivity index is 1.42. The number of aromatic nitrogens is 2. The van der Waals surface area contributed by atoms with Crippen LogP contribution in [-0.4, -0.2) is 45.8 Å². The summed E-state index contributed by atoms with van der Waals surface area (Å²) in [5, 5.41) is 12.3. The number of thioether (sulfide) groups is 1. The zero-order valence-corrected chi connectivity index (χ0v) is 17.3. The zero-order valence-electron chi connectivity index (χ0n) is 15.7. The summed E-state index contributed by atoms with van der Waals surface area (Å²) in [7, 11) is 0. The van der Waals surface area contributed by atoms with E-state index in [1.807, 2.05) is 53.4 Å². The number of nitrogens with one attached hydrogen (secondary N) is 1. The highest BCUT2D eigenvalue weighted by Crippen LogP contribution is 2.28. The van der Waals surface area contributed by atoms with E-state index in [2.05, 4.69) is 15.5 Å². The van der Waals surface area contributed by atoms with Gasteiger partial charge < -0.3 is 4.90 Å². The normalized spacial score (nSPS) is 13.4. The van der Waals surface area contributed by atoms with Gasteiger partial charge in [-0.25, -0.2) is 0 Å². The molecular formula is C21H20N4O2S2. The molecule has 1 fully saturated rings. The molecule has 1 aromatic heterocycles. The first-order valence-corrected chi connectivity index (χ1v) is 11.2. The maximum absolute atomic E-state index is 12.8. The number of rotatable bonds is 6. The monoisotopic (exact) mass is 424 g/mol. The van der Waals surface area contributed by atoms with E-state index in [9.17, 15) is 9.59 Å². The summed E-state index contributed by atoms with van der Waals surface area (Å²) in [4.78, 5) is 27.8. The van der Waals surface area contributed by atoms with Crippen LogP contribution >= 0.6 is 23.1 Å². The molecule has 6 nitrogen and oxygen atoms in total. The van der Waals surface area contributed by atoms with Crippen LogP contribution in [0, 0.1) is 0 Å². The molecule has 3 aromatic rings. The Hall–Kier alpha value is -2.71.